The van der Waals surface area contributed by atoms with Crippen molar-refractivity contribution in [3.8, 4) is 0 Å². The number of rotatable bonds is 8. The molecule has 132 valence electrons. The quantitative estimate of drug-likeness (QED) is 0.569. The third-order valence-corrected chi connectivity index (χ3v) is 5.79. The number of hydrogen-bond acceptors (Lipinski definition) is 2. The lowest BCUT2D eigenvalue weighted by Gasteiger charge is -2.42. The Balaban J connectivity index is 1.40. The second-order valence-corrected chi connectivity index (χ2v) is 7.42. The molecule has 2 saturated carbocycles. The van der Waals surface area contributed by atoms with Gasteiger partial charge in [-0.2, -0.15) is 0 Å². The van der Waals surface area contributed by atoms with Gasteiger partial charge in [-0.3, -0.25) is 4.99 Å². The van der Waals surface area contributed by atoms with Crippen molar-refractivity contribution in [1.82, 2.24) is 10.6 Å². The third kappa shape index (κ3) is 4.29. The molecule has 0 bridgehead atoms. The van der Waals surface area contributed by atoms with Crippen LogP contribution in [-0.4, -0.2) is 39.8 Å². The van der Waals surface area contributed by atoms with E-state index in [1.54, 1.807) is 7.11 Å². The van der Waals surface area contributed by atoms with Crippen LogP contribution in [0.5, 0.6) is 0 Å². The van der Waals surface area contributed by atoms with Crippen molar-refractivity contribution in [2.24, 2.45) is 16.3 Å². The Labute approximate surface area is 146 Å². The van der Waals surface area contributed by atoms with E-state index in [0.717, 1.165) is 43.9 Å². The van der Waals surface area contributed by atoms with Crippen LogP contribution in [0, 0.1) is 11.3 Å². The summed E-state index contributed by atoms with van der Waals surface area (Å²) in [6.45, 7) is 2.86. The number of nitrogens with zero attached hydrogens (tertiary/aromatic N) is 1. The predicted molar refractivity (Wildman–Crippen MR) is 99.4 cm³/mol. The minimum Gasteiger partial charge on any atom is -0.385 e. The number of methoxy groups -OCH3 is 1. The average Bonchev–Trinajstić information content (AvgIpc) is 3.36. The lowest BCUT2D eigenvalue weighted by Crippen LogP contribution is -2.47. The Kier molecular flexibility index (Phi) is 5.77. The Hall–Kier alpha value is -1.55. The molecule has 0 saturated heterocycles. The number of nitrogens with one attached hydrogen (secondary N) is 2. The van der Waals surface area contributed by atoms with Gasteiger partial charge in [-0.1, -0.05) is 36.8 Å². The maximum Gasteiger partial charge on any atom is 0.191 e. The predicted octanol–water partition coefficient (Wildman–Crippen LogP) is 3.16. The largest absolute Gasteiger partial charge is 0.385 e. The first-order valence-electron chi connectivity index (χ1n) is 9.25. The molecule has 2 fully saturated rings. The van der Waals surface area contributed by atoms with Crippen molar-refractivity contribution in [2.45, 2.75) is 38.0 Å². The summed E-state index contributed by atoms with van der Waals surface area (Å²) in [4.78, 5) is 4.39. The van der Waals surface area contributed by atoms with Gasteiger partial charge in [0.2, 0.25) is 0 Å². The Morgan fingerprint density at radius 2 is 2.04 bits per heavy atom. The molecule has 4 heteroatoms. The molecule has 1 aromatic rings. The van der Waals surface area contributed by atoms with E-state index in [2.05, 4.69) is 46.0 Å². The highest BCUT2D eigenvalue weighted by molar-refractivity contribution is 5.79. The second-order valence-electron chi connectivity index (χ2n) is 7.42. The van der Waals surface area contributed by atoms with Crippen molar-refractivity contribution in [1.29, 1.82) is 0 Å². The lowest BCUT2D eigenvalue weighted by molar-refractivity contribution is 0.0732. The van der Waals surface area contributed by atoms with Crippen LogP contribution in [-0.2, 0) is 4.74 Å². The van der Waals surface area contributed by atoms with Gasteiger partial charge >= 0.3 is 0 Å². The van der Waals surface area contributed by atoms with Gasteiger partial charge in [-0.05, 0) is 48.5 Å². The van der Waals surface area contributed by atoms with Crippen molar-refractivity contribution in [2.75, 3.05) is 33.9 Å². The third-order valence-electron chi connectivity index (χ3n) is 5.79. The summed E-state index contributed by atoms with van der Waals surface area (Å²) >= 11 is 0. The average molecular weight is 329 g/mol. The maximum atomic E-state index is 5.27. The molecule has 3 rings (SSSR count). The summed E-state index contributed by atoms with van der Waals surface area (Å²) in [6.07, 6.45) is 6.38. The van der Waals surface area contributed by atoms with Gasteiger partial charge in [-0.25, -0.2) is 0 Å². The normalized spacial score (nSPS) is 25.0. The fourth-order valence-corrected chi connectivity index (χ4v) is 3.81. The summed E-state index contributed by atoms with van der Waals surface area (Å²) in [7, 11) is 3.65. The van der Waals surface area contributed by atoms with Crippen LogP contribution in [0.4, 0.5) is 0 Å². The SMILES string of the molecule is CN=C(NCC1CC1c1ccccc1)NCC1(CCOC)CCC1. The standard InChI is InChI=1S/C20H31N3O/c1-21-19(23-15-20(9-6-10-20)11-12-24-2)22-14-17-13-18(17)16-7-4-3-5-8-16/h3-5,7-8,17-18H,6,9-15H2,1-2H3,(H2,21,22,23). The monoisotopic (exact) mass is 329 g/mol. The molecular formula is C20H31N3O. The van der Waals surface area contributed by atoms with Gasteiger partial charge in [0.15, 0.2) is 5.96 Å². The lowest BCUT2D eigenvalue weighted by atomic mass is 9.67. The van der Waals surface area contributed by atoms with Crippen LogP contribution >= 0.6 is 0 Å². The van der Waals surface area contributed by atoms with Gasteiger partial charge in [-0.15, -0.1) is 0 Å². The number of benzene rings is 1. The zero-order valence-electron chi connectivity index (χ0n) is 15.1. The van der Waals surface area contributed by atoms with Crippen LogP contribution in [0.15, 0.2) is 35.3 Å². The minimum absolute atomic E-state index is 0.416. The highest BCUT2D eigenvalue weighted by Gasteiger charge is 2.38. The van der Waals surface area contributed by atoms with Crippen LogP contribution in [0.3, 0.4) is 0 Å². The van der Waals surface area contributed by atoms with E-state index in [4.69, 9.17) is 4.74 Å². The van der Waals surface area contributed by atoms with Gasteiger partial charge in [0.1, 0.15) is 0 Å². The van der Waals surface area contributed by atoms with E-state index in [0.29, 0.717) is 5.41 Å². The highest BCUT2D eigenvalue weighted by atomic mass is 16.5. The molecule has 0 radical (unpaired) electrons. The second kappa shape index (κ2) is 8.02. The summed E-state index contributed by atoms with van der Waals surface area (Å²) in [6, 6.07) is 10.8. The molecule has 0 amide bonds. The first-order valence-corrected chi connectivity index (χ1v) is 9.25. The molecule has 1 aromatic carbocycles. The number of hydrogen-bond donors (Lipinski definition) is 2. The molecule has 24 heavy (non-hydrogen) atoms. The summed E-state index contributed by atoms with van der Waals surface area (Å²) in [5.74, 6) is 2.39. The van der Waals surface area contributed by atoms with Crippen LogP contribution in [0.1, 0.15) is 43.6 Å². The van der Waals surface area contributed by atoms with E-state index in [1.165, 1.54) is 31.2 Å². The maximum absolute atomic E-state index is 5.27. The first-order chi connectivity index (χ1) is 11.8. The van der Waals surface area contributed by atoms with E-state index >= 15 is 0 Å². The molecule has 2 N–H and O–H groups in total. The number of guanidine groups is 1. The molecule has 2 unspecified atom stereocenters. The van der Waals surface area contributed by atoms with Crippen LogP contribution < -0.4 is 10.6 Å². The number of ether oxygens (including phenoxy) is 1. The van der Waals surface area contributed by atoms with E-state index < -0.39 is 0 Å². The van der Waals surface area contributed by atoms with Gasteiger partial charge in [0.25, 0.3) is 0 Å². The molecule has 2 aliphatic carbocycles. The minimum atomic E-state index is 0.416. The molecule has 0 spiro atoms. The number of aliphatic imine (C=N–C) groups is 1. The molecule has 0 aliphatic heterocycles. The zero-order chi connectivity index (χ0) is 16.8. The van der Waals surface area contributed by atoms with E-state index in [9.17, 15) is 0 Å². The van der Waals surface area contributed by atoms with Gasteiger partial charge < -0.3 is 15.4 Å². The highest BCUT2D eigenvalue weighted by Crippen LogP contribution is 2.46. The van der Waals surface area contributed by atoms with E-state index in [-0.39, 0.29) is 0 Å². The van der Waals surface area contributed by atoms with Crippen LogP contribution in [0.2, 0.25) is 0 Å². The zero-order valence-corrected chi connectivity index (χ0v) is 15.1. The van der Waals surface area contributed by atoms with Crippen molar-refractivity contribution in [3.05, 3.63) is 35.9 Å². The Morgan fingerprint density at radius 1 is 1.25 bits per heavy atom. The molecule has 2 atom stereocenters. The van der Waals surface area contributed by atoms with E-state index in [1.807, 2.05) is 7.05 Å². The smallest absolute Gasteiger partial charge is 0.191 e. The van der Waals surface area contributed by atoms with Crippen molar-refractivity contribution >= 4 is 5.96 Å². The first kappa shape index (κ1) is 17.3. The topological polar surface area (TPSA) is 45.7 Å². The molecule has 4 nitrogen and oxygen atoms in total. The fraction of sp³-hybridized carbons (Fsp3) is 0.650. The Morgan fingerprint density at radius 3 is 2.67 bits per heavy atom. The Bertz CT molecular complexity index is 539. The molecule has 0 heterocycles. The van der Waals surface area contributed by atoms with Crippen molar-refractivity contribution in [3.63, 3.8) is 0 Å². The van der Waals surface area contributed by atoms with Gasteiger partial charge in [0.05, 0.1) is 0 Å². The molecular weight excluding hydrogens is 298 g/mol. The van der Waals surface area contributed by atoms with Crippen LogP contribution in [0.25, 0.3) is 0 Å². The summed E-state index contributed by atoms with van der Waals surface area (Å²) in [5, 5.41) is 7.06. The van der Waals surface area contributed by atoms with Crippen molar-refractivity contribution < 1.29 is 4.74 Å². The fourth-order valence-electron chi connectivity index (χ4n) is 3.81. The summed E-state index contributed by atoms with van der Waals surface area (Å²) in [5.41, 5.74) is 1.89. The molecule has 2 aliphatic rings. The summed E-state index contributed by atoms with van der Waals surface area (Å²) < 4.78 is 5.27. The van der Waals surface area contributed by atoms with Gasteiger partial charge in [0, 0.05) is 33.9 Å². The molecule has 0 aromatic heterocycles.